The summed E-state index contributed by atoms with van der Waals surface area (Å²) in [4.78, 5) is 17.1. The lowest BCUT2D eigenvalue weighted by molar-refractivity contribution is 0.0949. The quantitative estimate of drug-likeness (QED) is 0.183. The highest BCUT2D eigenvalue weighted by molar-refractivity contribution is 5.94. The third kappa shape index (κ3) is 6.39. The van der Waals surface area contributed by atoms with Crippen LogP contribution in [0.3, 0.4) is 0 Å². The Balaban J connectivity index is 1.30. The van der Waals surface area contributed by atoms with Crippen molar-refractivity contribution in [2.75, 3.05) is 13.2 Å². The minimum atomic E-state index is -0.509. The fourth-order valence-corrected chi connectivity index (χ4v) is 4.28. The number of rotatable bonds is 13. The third-order valence-corrected chi connectivity index (χ3v) is 6.09. The van der Waals surface area contributed by atoms with E-state index in [-0.39, 0.29) is 5.56 Å². The fourth-order valence-electron chi connectivity index (χ4n) is 4.28. The summed E-state index contributed by atoms with van der Waals surface area (Å²) >= 11 is 0. The predicted octanol–water partition coefficient (Wildman–Crippen LogP) is 6.13. The third-order valence-electron chi connectivity index (χ3n) is 6.09. The molecule has 0 unspecified atom stereocenters. The summed E-state index contributed by atoms with van der Waals surface area (Å²) in [6.45, 7) is 5.77. The number of aryl methyl sites for hydroxylation is 2. The van der Waals surface area contributed by atoms with Crippen LogP contribution in [-0.4, -0.2) is 28.6 Å². The van der Waals surface area contributed by atoms with E-state index < -0.39 is 11.7 Å². The summed E-state index contributed by atoms with van der Waals surface area (Å²) in [5.74, 6) is 1.01. The van der Waals surface area contributed by atoms with Crippen LogP contribution in [0.1, 0.15) is 41.0 Å². The highest BCUT2D eigenvalue weighted by atomic mass is 19.1. The lowest BCUT2D eigenvalue weighted by Crippen LogP contribution is -2.25. The van der Waals surface area contributed by atoms with Gasteiger partial charge in [0.15, 0.2) is 0 Å². The number of imidazole rings is 1. The Morgan fingerprint density at radius 1 is 1.00 bits per heavy atom. The molecule has 5 nitrogen and oxygen atoms in total. The topological polar surface area (TPSA) is 56.1 Å². The molecule has 1 aromatic heterocycles. The van der Waals surface area contributed by atoms with Crippen LogP contribution in [-0.2, 0) is 19.4 Å². The highest BCUT2D eigenvalue weighted by Gasteiger charge is 2.12. The van der Waals surface area contributed by atoms with Gasteiger partial charge < -0.3 is 14.6 Å². The molecular weight excluding hydrogens is 453 g/mol. The number of unbranched alkanes of at least 4 members (excludes halogenated alkanes) is 1. The Hall–Kier alpha value is -3.93. The minimum Gasteiger partial charge on any atom is -0.493 e. The van der Waals surface area contributed by atoms with E-state index in [9.17, 15) is 9.18 Å². The lowest BCUT2D eigenvalue weighted by atomic mass is 10.1. The van der Waals surface area contributed by atoms with Crippen molar-refractivity contribution >= 4 is 16.9 Å². The number of fused-ring (bicyclic) bond motifs is 1. The van der Waals surface area contributed by atoms with Crippen molar-refractivity contribution in [1.29, 1.82) is 0 Å². The molecular formula is C30H32FN3O2. The SMILES string of the molecule is C=CCc1ccccc1OCCCCn1c(CCCNC(=O)c2ccccc2F)nc2ccccc21. The first kappa shape index (κ1) is 25.2. The number of carbonyl (C=O) groups excluding carboxylic acids is 1. The summed E-state index contributed by atoms with van der Waals surface area (Å²) in [5, 5.41) is 2.81. The second-order valence-electron chi connectivity index (χ2n) is 8.66. The zero-order valence-corrected chi connectivity index (χ0v) is 20.5. The summed E-state index contributed by atoms with van der Waals surface area (Å²) in [6.07, 6.45) is 6.00. The average molecular weight is 486 g/mol. The second-order valence-corrected chi connectivity index (χ2v) is 8.66. The molecule has 0 aliphatic rings. The van der Waals surface area contributed by atoms with Gasteiger partial charge in [-0.2, -0.15) is 0 Å². The number of carbonyl (C=O) groups is 1. The van der Waals surface area contributed by atoms with Gasteiger partial charge in [-0.1, -0.05) is 48.5 Å². The first-order valence-electron chi connectivity index (χ1n) is 12.5. The number of halogens is 1. The van der Waals surface area contributed by atoms with E-state index in [4.69, 9.17) is 9.72 Å². The lowest BCUT2D eigenvalue weighted by Gasteiger charge is -2.12. The van der Waals surface area contributed by atoms with Gasteiger partial charge >= 0.3 is 0 Å². The number of para-hydroxylation sites is 3. The molecule has 0 aliphatic heterocycles. The van der Waals surface area contributed by atoms with Crippen LogP contribution in [0.5, 0.6) is 5.75 Å². The van der Waals surface area contributed by atoms with Gasteiger partial charge in [0, 0.05) is 19.5 Å². The maximum Gasteiger partial charge on any atom is 0.254 e. The first-order chi connectivity index (χ1) is 17.7. The van der Waals surface area contributed by atoms with Crippen LogP contribution in [0, 0.1) is 5.82 Å². The molecule has 0 aliphatic carbocycles. The average Bonchev–Trinajstić information content (AvgIpc) is 3.25. The molecule has 0 saturated carbocycles. The molecule has 0 saturated heterocycles. The molecule has 0 radical (unpaired) electrons. The largest absolute Gasteiger partial charge is 0.493 e. The number of ether oxygens (including phenoxy) is 1. The summed E-state index contributed by atoms with van der Waals surface area (Å²) < 4.78 is 22.1. The van der Waals surface area contributed by atoms with Crippen molar-refractivity contribution in [2.45, 2.75) is 38.6 Å². The Kier molecular flexibility index (Phi) is 8.87. The van der Waals surface area contributed by atoms with Gasteiger partial charge in [0.25, 0.3) is 5.91 Å². The van der Waals surface area contributed by atoms with Crippen molar-refractivity contribution in [2.24, 2.45) is 0 Å². The number of amides is 1. The number of allylic oxidation sites excluding steroid dienone is 1. The van der Waals surface area contributed by atoms with Crippen LogP contribution >= 0.6 is 0 Å². The smallest absolute Gasteiger partial charge is 0.254 e. The zero-order chi connectivity index (χ0) is 25.2. The van der Waals surface area contributed by atoms with Crippen molar-refractivity contribution in [3.8, 4) is 5.75 Å². The Morgan fingerprint density at radius 3 is 2.64 bits per heavy atom. The van der Waals surface area contributed by atoms with Crippen LogP contribution in [0.4, 0.5) is 4.39 Å². The van der Waals surface area contributed by atoms with Crippen molar-refractivity contribution in [1.82, 2.24) is 14.9 Å². The van der Waals surface area contributed by atoms with E-state index in [1.807, 2.05) is 42.5 Å². The first-order valence-corrected chi connectivity index (χ1v) is 12.5. The molecule has 0 atom stereocenters. The van der Waals surface area contributed by atoms with E-state index in [2.05, 4.69) is 28.6 Å². The summed E-state index contributed by atoms with van der Waals surface area (Å²) in [7, 11) is 0. The minimum absolute atomic E-state index is 0.0686. The zero-order valence-electron chi connectivity index (χ0n) is 20.5. The van der Waals surface area contributed by atoms with Gasteiger partial charge in [-0.15, -0.1) is 6.58 Å². The van der Waals surface area contributed by atoms with Crippen LogP contribution < -0.4 is 10.1 Å². The molecule has 36 heavy (non-hydrogen) atoms. The van der Waals surface area contributed by atoms with E-state index in [1.165, 1.54) is 12.1 Å². The molecule has 1 heterocycles. The molecule has 186 valence electrons. The molecule has 0 spiro atoms. The van der Waals surface area contributed by atoms with Crippen molar-refractivity contribution in [3.05, 3.63) is 108 Å². The second kappa shape index (κ2) is 12.7. The predicted molar refractivity (Wildman–Crippen MR) is 142 cm³/mol. The number of hydrogen-bond donors (Lipinski definition) is 1. The summed E-state index contributed by atoms with van der Waals surface area (Å²) in [6, 6.07) is 22.2. The van der Waals surface area contributed by atoms with E-state index in [1.54, 1.807) is 12.1 Å². The number of benzene rings is 3. The van der Waals surface area contributed by atoms with Gasteiger partial charge in [0.1, 0.15) is 17.4 Å². The van der Waals surface area contributed by atoms with Gasteiger partial charge in [0.05, 0.1) is 23.2 Å². The highest BCUT2D eigenvalue weighted by Crippen LogP contribution is 2.20. The Bertz CT molecular complexity index is 1310. The van der Waals surface area contributed by atoms with Crippen LogP contribution in [0.25, 0.3) is 11.0 Å². The maximum atomic E-state index is 13.8. The van der Waals surface area contributed by atoms with E-state index >= 15 is 0 Å². The van der Waals surface area contributed by atoms with Crippen molar-refractivity contribution in [3.63, 3.8) is 0 Å². The van der Waals surface area contributed by atoms with E-state index in [0.717, 1.165) is 60.4 Å². The molecule has 0 bridgehead atoms. The molecule has 4 aromatic rings. The van der Waals surface area contributed by atoms with Crippen molar-refractivity contribution < 1.29 is 13.9 Å². The van der Waals surface area contributed by atoms with Gasteiger partial charge in [0.2, 0.25) is 0 Å². The fraction of sp³-hybridized carbons (Fsp3) is 0.267. The van der Waals surface area contributed by atoms with Crippen LogP contribution in [0.2, 0.25) is 0 Å². The number of nitrogens with zero attached hydrogens (tertiary/aromatic N) is 2. The Morgan fingerprint density at radius 2 is 1.78 bits per heavy atom. The number of nitrogens with one attached hydrogen (secondary N) is 1. The molecule has 4 rings (SSSR count). The van der Waals surface area contributed by atoms with Crippen LogP contribution in [0.15, 0.2) is 85.5 Å². The molecule has 3 aromatic carbocycles. The standard InChI is InChI=1S/C30H32FN3O2/c1-2-12-23-13-3-8-18-28(23)36-22-10-9-21-34-27-17-7-6-16-26(27)33-29(34)19-11-20-32-30(35)24-14-4-5-15-25(24)31/h2-8,13-18H,1,9-12,19-22H2,(H,32,35). The normalized spacial score (nSPS) is 10.9. The van der Waals surface area contributed by atoms with E-state index in [0.29, 0.717) is 19.6 Å². The molecule has 1 amide bonds. The molecule has 1 N–H and O–H groups in total. The Labute approximate surface area is 211 Å². The number of aromatic nitrogens is 2. The van der Waals surface area contributed by atoms with Gasteiger partial charge in [-0.3, -0.25) is 4.79 Å². The maximum absolute atomic E-state index is 13.8. The molecule has 0 fully saturated rings. The summed E-state index contributed by atoms with van der Waals surface area (Å²) in [5.41, 5.74) is 3.30. The monoisotopic (exact) mass is 485 g/mol. The number of hydrogen-bond acceptors (Lipinski definition) is 3. The molecule has 6 heteroatoms. The van der Waals surface area contributed by atoms with Gasteiger partial charge in [-0.25, -0.2) is 9.37 Å². The van der Waals surface area contributed by atoms with Gasteiger partial charge in [-0.05, 0) is 61.6 Å².